The number of phenolic OH excluding ortho intramolecular Hbond substituents is 1. The summed E-state index contributed by atoms with van der Waals surface area (Å²) in [6, 6.07) is 10.6. The average Bonchev–Trinajstić information content (AvgIpc) is 2.58. The lowest BCUT2D eigenvalue weighted by atomic mass is 10.2. The normalized spacial score (nSPS) is 10.0. The van der Waals surface area contributed by atoms with Gasteiger partial charge >= 0.3 is 17.8 Å². The number of benzene rings is 2. The van der Waals surface area contributed by atoms with E-state index in [4.69, 9.17) is 4.74 Å². The Morgan fingerprint density at radius 3 is 2.24 bits per heavy atom. The Kier molecular flexibility index (Phi) is 5.73. The predicted octanol–water partition coefficient (Wildman–Crippen LogP) is 2.45. The molecule has 25 heavy (non-hydrogen) atoms. The lowest BCUT2D eigenvalue weighted by Gasteiger charge is -2.09. The topological polar surface area (TPSA) is 105 Å². The van der Waals surface area contributed by atoms with Crippen molar-refractivity contribution in [2.24, 2.45) is 0 Å². The van der Waals surface area contributed by atoms with Gasteiger partial charge in [-0.05, 0) is 55.8 Å². The van der Waals surface area contributed by atoms with E-state index in [0.29, 0.717) is 11.3 Å². The minimum atomic E-state index is -0.923. The minimum absolute atomic E-state index is 0.125. The van der Waals surface area contributed by atoms with Gasteiger partial charge in [-0.15, -0.1) is 0 Å². The lowest BCUT2D eigenvalue weighted by molar-refractivity contribution is -0.133. The number of nitrogens with one attached hydrogen (secondary N) is 2. The fourth-order valence-corrected chi connectivity index (χ4v) is 2.02. The molecule has 0 saturated heterocycles. The third-order valence-electron chi connectivity index (χ3n) is 3.26. The molecule has 7 nitrogen and oxygen atoms in total. The maximum Gasteiger partial charge on any atom is 0.338 e. The van der Waals surface area contributed by atoms with Crippen molar-refractivity contribution in [3.8, 4) is 5.75 Å². The molecule has 7 heteroatoms. The molecule has 0 atom stereocenters. The second-order valence-electron chi connectivity index (χ2n) is 5.23. The van der Waals surface area contributed by atoms with Gasteiger partial charge in [0.25, 0.3) is 0 Å². The third-order valence-corrected chi connectivity index (χ3v) is 3.26. The first-order valence-corrected chi connectivity index (χ1v) is 7.60. The Morgan fingerprint density at radius 2 is 1.64 bits per heavy atom. The number of rotatable bonds is 4. The van der Waals surface area contributed by atoms with Gasteiger partial charge in [0, 0.05) is 5.69 Å². The molecule has 0 fully saturated rings. The first kappa shape index (κ1) is 18.0. The largest absolute Gasteiger partial charge is 0.506 e. The summed E-state index contributed by atoms with van der Waals surface area (Å²) >= 11 is 0. The molecule has 130 valence electrons. The van der Waals surface area contributed by atoms with E-state index in [1.807, 2.05) is 0 Å². The molecule has 0 aromatic heterocycles. The van der Waals surface area contributed by atoms with Crippen LogP contribution in [0.5, 0.6) is 5.75 Å². The Hall–Kier alpha value is -3.35. The van der Waals surface area contributed by atoms with Crippen molar-refractivity contribution in [3.05, 3.63) is 53.6 Å². The summed E-state index contributed by atoms with van der Waals surface area (Å²) in [5.74, 6) is -2.41. The zero-order valence-corrected chi connectivity index (χ0v) is 13.8. The standard InChI is InChI=1S/C18H18N2O5/c1-3-25-18(24)12-5-7-13(8-6-12)19-16(22)17(23)20-14-9-4-11(2)10-15(14)21/h4-10,21H,3H2,1-2H3,(H,19,22)(H,20,23). The van der Waals surface area contributed by atoms with E-state index in [1.54, 1.807) is 19.9 Å². The van der Waals surface area contributed by atoms with Crippen molar-refractivity contribution < 1.29 is 24.2 Å². The number of carbonyl (C=O) groups is 3. The van der Waals surface area contributed by atoms with Crippen LogP contribution in [0.4, 0.5) is 11.4 Å². The summed E-state index contributed by atoms with van der Waals surface area (Å²) in [6.45, 7) is 3.76. The van der Waals surface area contributed by atoms with Crippen LogP contribution >= 0.6 is 0 Å². The first-order chi connectivity index (χ1) is 11.9. The zero-order valence-electron chi connectivity index (χ0n) is 13.8. The van der Waals surface area contributed by atoms with Gasteiger partial charge in [0.15, 0.2) is 0 Å². The number of carbonyl (C=O) groups excluding carboxylic acids is 3. The van der Waals surface area contributed by atoms with Crippen LogP contribution in [0.1, 0.15) is 22.8 Å². The van der Waals surface area contributed by atoms with E-state index in [1.165, 1.54) is 36.4 Å². The molecular formula is C18H18N2O5. The Morgan fingerprint density at radius 1 is 1.00 bits per heavy atom. The number of esters is 1. The number of aryl methyl sites for hydroxylation is 1. The van der Waals surface area contributed by atoms with Crippen LogP contribution in [-0.2, 0) is 14.3 Å². The van der Waals surface area contributed by atoms with Crippen LogP contribution in [0, 0.1) is 6.92 Å². The molecule has 3 N–H and O–H groups in total. The van der Waals surface area contributed by atoms with Crippen molar-refractivity contribution in [2.45, 2.75) is 13.8 Å². The van der Waals surface area contributed by atoms with Crippen LogP contribution in [-0.4, -0.2) is 29.5 Å². The van der Waals surface area contributed by atoms with E-state index in [0.717, 1.165) is 5.56 Å². The Labute approximate surface area is 144 Å². The van der Waals surface area contributed by atoms with Gasteiger partial charge in [0.05, 0.1) is 17.9 Å². The SMILES string of the molecule is CCOC(=O)c1ccc(NC(=O)C(=O)Nc2ccc(C)cc2O)cc1. The number of aromatic hydroxyl groups is 1. The molecule has 0 saturated carbocycles. The number of ether oxygens (including phenoxy) is 1. The average molecular weight is 342 g/mol. The molecule has 0 heterocycles. The summed E-state index contributed by atoms with van der Waals surface area (Å²) in [5.41, 5.74) is 1.65. The predicted molar refractivity (Wildman–Crippen MR) is 92.5 cm³/mol. The lowest BCUT2D eigenvalue weighted by Crippen LogP contribution is -2.29. The number of hydrogen-bond acceptors (Lipinski definition) is 5. The van der Waals surface area contributed by atoms with Gasteiger partial charge in [-0.3, -0.25) is 9.59 Å². The second-order valence-corrected chi connectivity index (χ2v) is 5.23. The highest BCUT2D eigenvalue weighted by Crippen LogP contribution is 2.23. The third kappa shape index (κ3) is 4.81. The Bertz CT molecular complexity index is 800. The molecule has 2 amide bonds. The monoisotopic (exact) mass is 342 g/mol. The fourth-order valence-electron chi connectivity index (χ4n) is 2.02. The first-order valence-electron chi connectivity index (χ1n) is 7.60. The van der Waals surface area contributed by atoms with Crippen molar-refractivity contribution in [3.63, 3.8) is 0 Å². The minimum Gasteiger partial charge on any atom is -0.506 e. The van der Waals surface area contributed by atoms with Gasteiger partial charge in [-0.2, -0.15) is 0 Å². The van der Waals surface area contributed by atoms with E-state index in [9.17, 15) is 19.5 Å². The molecule has 0 bridgehead atoms. The van der Waals surface area contributed by atoms with E-state index in [-0.39, 0.29) is 18.0 Å². The summed E-state index contributed by atoms with van der Waals surface area (Å²) < 4.78 is 4.86. The van der Waals surface area contributed by atoms with Crippen molar-refractivity contribution in [2.75, 3.05) is 17.2 Å². The fraction of sp³-hybridized carbons (Fsp3) is 0.167. The van der Waals surface area contributed by atoms with Crippen LogP contribution in [0.25, 0.3) is 0 Å². The van der Waals surface area contributed by atoms with Gasteiger partial charge in [0.1, 0.15) is 5.75 Å². The second kappa shape index (κ2) is 7.96. The molecule has 0 aliphatic carbocycles. The van der Waals surface area contributed by atoms with Gasteiger partial charge in [-0.1, -0.05) is 6.07 Å². The molecule has 2 aromatic carbocycles. The van der Waals surface area contributed by atoms with Crippen molar-refractivity contribution >= 4 is 29.2 Å². The highest BCUT2D eigenvalue weighted by molar-refractivity contribution is 6.43. The van der Waals surface area contributed by atoms with Crippen molar-refractivity contribution in [1.29, 1.82) is 0 Å². The maximum absolute atomic E-state index is 11.9. The molecule has 0 radical (unpaired) electrons. The van der Waals surface area contributed by atoms with E-state index >= 15 is 0 Å². The number of hydrogen-bond donors (Lipinski definition) is 3. The van der Waals surface area contributed by atoms with Gasteiger partial charge < -0.3 is 20.5 Å². The zero-order chi connectivity index (χ0) is 18.4. The van der Waals surface area contributed by atoms with Gasteiger partial charge in [-0.25, -0.2) is 4.79 Å². The number of amides is 2. The maximum atomic E-state index is 11.9. The number of phenols is 1. The van der Waals surface area contributed by atoms with Crippen LogP contribution in [0.2, 0.25) is 0 Å². The van der Waals surface area contributed by atoms with Crippen molar-refractivity contribution in [1.82, 2.24) is 0 Å². The molecular weight excluding hydrogens is 324 g/mol. The molecule has 0 aliphatic heterocycles. The summed E-state index contributed by atoms with van der Waals surface area (Å²) in [4.78, 5) is 35.4. The Balaban J connectivity index is 1.99. The summed E-state index contributed by atoms with van der Waals surface area (Å²) in [7, 11) is 0. The molecule has 0 spiro atoms. The van der Waals surface area contributed by atoms with E-state index in [2.05, 4.69) is 10.6 Å². The smallest absolute Gasteiger partial charge is 0.338 e. The highest BCUT2D eigenvalue weighted by Gasteiger charge is 2.16. The van der Waals surface area contributed by atoms with Crippen LogP contribution < -0.4 is 10.6 Å². The summed E-state index contributed by atoms with van der Waals surface area (Å²) in [6.07, 6.45) is 0. The van der Waals surface area contributed by atoms with Gasteiger partial charge in [0.2, 0.25) is 0 Å². The number of anilines is 2. The summed E-state index contributed by atoms with van der Waals surface area (Å²) in [5, 5.41) is 14.5. The molecule has 0 aliphatic rings. The molecule has 2 rings (SSSR count). The molecule has 0 unspecified atom stereocenters. The van der Waals surface area contributed by atoms with Crippen LogP contribution in [0.15, 0.2) is 42.5 Å². The van der Waals surface area contributed by atoms with Crippen LogP contribution in [0.3, 0.4) is 0 Å². The molecule has 2 aromatic rings. The highest BCUT2D eigenvalue weighted by atomic mass is 16.5. The quantitative estimate of drug-likeness (QED) is 0.450. The van der Waals surface area contributed by atoms with E-state index < -0.39 is 17.8 Å².